The Morgan fingerprint density at radius 1 is 1.59 bits per heavy atom. The number of anilines is 1. The summed E-state index contributed by atoms with van der Waals surface area (Å²) in [5.41, 5.74) is -0.353. The highest BCUT2D eigenvalue weighted by atomic mass is 16.5. The molecule has 0 fully saturated rings. The molecular weight excluding hydrogens is 226 g/mol. The van der Waals surface area contributed by atoms with Crippen LogP contribution in [0.3, 0.4) is 0 Å². The van der Waals surface area contributed by atoms with E-state index in [-0.39, 0.29) is 11.3 Å². The largest absolute Gasteiger partial charge is 0.489 e. The highest BCUT2D eigenvalue weighted by Gasteiger charge is 2.09. The van der Waals surface area contributed by atoms with Gasteiger partial charge in [-0.15, -0.1) is 0 Å². The zero-order valence-electron chi connectivity index (χ0n) is 9.35. The lowest BCUT2D eigenvalue weighted by Crippen LogP contribution is -2.14. The van der Waals surface area contributed by atoms with Gasteiger partial charge in [-0.25, -0.2) is 4.98 Å². The summed E-state index contributed by atoms with van der Waals surface area (Å²) < 4.78 is 9.75. The van der Waals surface area contributed by atoms with Gasteiger partial charge < -0.3 is 19.6 Å². The molecular formula is C9H11N5O3. The summed E-state index contributed by atoms with van der Waals surface area (Å²) in [6.07, 6.45) is 1.29. The second-order valence-electron chi connectivity index (χ2n) is 3.20. The fourth-order valence-electron chi connectivity index (χ4n) is 1.28. The molecule has 0 aromatic carbocycles. The number of aryl methyl sites for hydroxylation is 1. The number of aromatic amines is 1. The molecule has 0 aliphatic heterocycles. The van der Waals surface area contributed by atoms with Gasteiger partial charge in [0.2, 0.25) is 11.6 Å². The van der Waals surface area contributed by atoms with Crippen LogP contribution in [0.2, 0.25) is 0 Å². The molecule has 0 bridgehead atoms. The normalized spacial score (nSPS) is 10.2. The average molecular weight is 237 g/mol. The second-order valence-corrected chi connectivity index (χ2v) is 3.20. The minimum absolute atomic E-state index is 0.118. The van der Waals surface area contributed by atoms with Crippen LogP contribution in [0.25, 0.3) is 0 Å². The molecule has 0 saturated carbocycles. The third-order valence-electron chi connectivity index (χ3n) is 2.00. The van der Waals surface area contributed by atoms with Crippen LogP contribution < -0.4 is 15.6 Å². The summed E-state index contributed by atoms with van der Waals surface area (Å²) in [6.45, 7) is 1.99. The van der Waals surface area contributed by atoms with Crippen LogP contribution in [-0.4, -0.2) is 27.2 Å². The standard InChI is InChI=1S/C9H11N5O3/c1-5-13-6(14-17-5)3-10-8-7(16-2)9(15)12-4-11-8/h4H,3H2,1-2H3,(H2,10,11,12,15). The Hall–Kier alpha value is -2.38. The van der Waals surface area contributed by atoms with Crippen molar-refractivity contribution in [3.8, 4) is 5.75 Å². The van der Waals surface area contributed by atoms with E-state index in [9.17, 15) is 4.79 Å². The number of nitrogens with zero attached hydrogens (tertiary/aromatic N) is 3. The summed E-state index contributed by atoms with van der Waals surface area (Å²) in [5.74, 6) is 1.41. The number of nitrogens with one attached hydrogen (secondary N) is 2. The lowest BCUT2D eigenvalue weighted by atomic mass is 10.5. The van der Waals surface area contributed by atoms with Crippen LogP contribution >= 0.6 is 0 Å². The monoisotopic (exact) mass is 237 g/mol. The Bertz CT molecular complexity index is 562. The van der Waals surface area contributed by atoms with Crippen LogP contribution in [0.4, 0.5) is 5.82 Å². The van der Waals surface area contributed by atoms with E-state index in [1.807, 2.05) is 0 Å². The molecule has 2 aromatic rings. The summed E-state index contributed by atoms with van der Waals surface area (Å²) >= 11 is 0. The van der Waals surface area contributed by atoms with E-state index in [4.69, 9.17) is 9.26 Å². The van der Waals surface area contributed by atoms with Crippen LogP contribution in [0.5, 0.6) is 5.75 Å². The van der Waals surface area contributed by atoms with Gasteiger partial charge in [-0.05, 0) is 0 Å². The van der Waals surface area contributed by atoms with Gasteiger partial charge in [0.25, 0.3) is 5.56 Å². The molecule has 8 nitrogen and oxygen atoms in total. The average Bonchev–Trinajstić information content (AvgIpc) is 2.72. The maximum atomic E-state index is 11.4. The van der Waals surface area contributed by atoms with Crippen LogP contribution in [0.1, 0.15) is 11.7 Å². The first-order chi connectivity index (χ1) is 8.20. The van der Waals surface area contributed by atoms with E-state index in [1.165, 1.54) is 13.4 Å². The molecule has 2 rings (SSSR count). The van der Waals surface area contributed by atoms with E-state index in [0.717, 1.165) is 0 Å². The molecule has 17 heavy (non-hydrogen) atoms. The highest BCUT2D eigenvalue weighted by Crippen LogP contribution is 2.14. The van der Waals surface area contributed by atoms with Gasteiger partial charge in [0, 0.05) is 6.92 Å². The predicted molar refractivity (Wildman–Crippen MR) is 57.8 cm³/mol. The summed E-state index contributed by atoms with van der Waals surface area (Å²) in [4.78, 5) is 21.8. The van der Waals surface area contributed by atoms with E-state index < -0.39 is 0 Å². The summed E-state index contributed by atoms with van der Waals surface area (Å²) in [7, 11) is 1.40. The van der Waals surface area contributed by atoms with Crippen molar-refractivity contribution in [2.45, 2.75) is 13.5 Å². The Morgan fingerprint density at radius 3 is 3.06 bits per heavy atom. The summed E-state index contributed by atoms with van der Waals surface area (Å²) in [6, 6.07) is 0. The Balaban J connectivity index is 2.14. The molecule has 2 aromatic heterocycles. The Kier molecular flexibility index (Phi) is 3.03. The smallest absolute Gasteiger partial charge is 0.295 e. The van der Waals surface area contributed by atoms with Crippen molar-refractivity contribution in [1.29, 1.82) is 0 Å². The number of hydrogen-bond donors (Lipinski definition) is 2. The minimum Gasteiger partial charge on any atom is -0.489 e. The quantitative estimate of drug-likeness (QED) is 0.775. The topological polar surface area (TPSA) is 106 Å². The maximum Gasteiger partial charge on any atom is 0.295 e. The lowest BCUT2D eigenvalue weighted by Gasteiger charge is -2.06. The van der Waals surface area contributed by atoms with Gasteiger partial charge in [-0.1, -0.05) is 5.16 Å². The predicted octanol–water partition coefficient (Wildman–Crippen LogP) is 0.0820. The van der Waals surface area contributed by atoms with Crippen LogP contribution in [0.15, 0.2) is 15.6 Å². The van der Waals surface area contributed by atoms with Crippen molar-refractivity contribution in [1.82, 2.24) is 20.1 Å². The second kappa shape index (κ2) is 4.64. The number of methoxy groups -OCH3 is 1. The first kappa shape index (κ1) is 11.1. The lowest BCUT2D eigenvalue weighted by molar-refractivity contribution is 0.388. The van der Waals surface area contributed by atoms with E-state index in [2.05, 4.69) is 25.4 Å². The first-order valence-electron chi connectivity index (χ1n) is 4.85. The minimum atomic E-state index is -0.353. The van der Waals surface area contributed by atoms with Crippen molar-refractivity contribution >= 4 is 5.82 Å². The van der Waals surface area contributed by atoms with Gasteiger partial charge >= 0.3 is 0 Å². The molecule has 8 heteroatoms. The fourth-order valence-corrected chi connectivity index (χ4v) is 1.28. The number of H-pyrrole nitrogens is 1. The Labute approximate surface area is 96.0 Å². The zero-order chi connectivity index (χ0) is 12.3. The fraction of sp³-hybridized carbons (Fsp3) is 0.333. The van der Waals surface area contributed by atoms with Crippen LogP contribution in [-0.2, 0) is 6.54 Å². The molecule has 2 N–H and O–H groups in total. The van der Waals surface area contributed by atoms with Gasteiger partial charge in [-0.3, -0.25) is 4.79 Å². The zero-order valence-corrected chi connectivity index (χ0v) is 9.35. The molecule has 90 valence electrons. The molecule has 0 saturated heterocycles. The van der Waals surface area contributed by atoms with Gasteiger partial charge in [0.05, 0.1) is 20.0 Å². The third-order valence-corrected chi connectivity index (χ3v) is 2.00. The van der Waals surface area contributed by atoms with Crippen molar-refractivity contribution in [3.05, 3.63) is 28.4 Å². The van der Waals surface area contributed by atoms with Gasteiger partial charge in [-0.2, -0.15) is 4.98 Å². The first-order valence-corrected chi connectivity index (χ1v) is 4.85. The molecule has 2 heterocycles. The molecule has 0 aliphatic carbocycles. The van der Waals surface area contributed by atoms with Crippen molar-refractivity contribution in [2.24, 2.45) is 0 Å². The van der Waals surface area contributed by atoms with Crippen molar-refractivity contribution in [3.63, 3.8) is 0 Å². The van der Waals surface area contributed by atoms with E-state index >= 15 is 0 Å². The summed E-state index contributed by atoms with van der Waals surface area (Å²) in [5, 5.41) is 6.60. The number of rotatable bonds is 4. The van der Waals surface area contributed by atoms with E-state index in [1.54, 1.807) is 6.92 Å². The number of hydrogen-bond acceptors (Lipinski definition) is 7. The molecule has 0 aliphatic rings. The maximum absolute atomic E-state index is 11.4. The number of aromatic nitrogens is 4. The Morgan fingerprint density at radius 2 is 2.41 bits per heavy atom. The molecule has 0 radical (unpaired) electrons. The number of ether oxygens (including phenoxy) is 1. The highest BCUT2D eigenvalue weighted by molar-refractivity contribution is 5.47. The van der Waals surface area contributed by atoms with Crippen molar-refractivity contribution in [2.75, 3.05) is 12.4 Å². The van der Waals surface area contributed by atoms with E-state index in [0.29, 0.717) is 24.1 Å². The SMILES string of the molecule is COc1c(NCc2noc(C)n2)nc[nH]c1=O. The van der Waals surface area contributed by atoms with Crippen LogP contribution in [0, 0.1) is 6.92 Å². The van der Waals surface area contributed by atoms with Crippen molar-refractivity contribution < 1.29 is 9.26 Å². The van der Waals surface area contributed by atoms with Gasteiger partial charge in [0.1, 0.15) is 0 Å². The molecule has 0 unspecified atom stereocenters. The molecule has 0 spiro atoms. The third kappa shape index (κ3) is 2.41. The molecule has 0 atom stereocenters. The van der Waals surface area contributed by atoms with Gasteiger partial charge in [0.15, 0.2) is 11.6 Å². The molecule has 0 amide bonds.